The number of hydrogen-bond donors (Lipinski definition) is 0. The Balaban J connectivity index is 0.000000162. The number of hydrogen-bond acceptors (Lipinski definition) is 1. The zero-order valence-corrected chi connectivity index (χ0v) is 10.2. The van der Waals surface area contributed by atoms with Crippen molar-refractivity contribution in [2.75, 3.05) is 6.61 Å². The first-order valence-corrected chi connectivity index (χ1v) is 6.19. The molecule has 0 saturated heterocycles. The van der Waals surface area contributed by atoms with Gasteiger partial charge in [0.05, 0.1) is 0 Å². The molecule has 1 aromatic carbocycles. The average molecular weight is 216 g/mol. The number of aryl methyl sites for hydroxylation is 1. The van der Waals surface area contributed by atoms with Gasteiger partial charge in [-0.3, -0.25) is 0 Å². The summed E-state index contributed by atoms with van der Waals surface area (Å²) in [6, 6.07) is 6.25. The molecule has 0 N–H and O–H groups in total. The Hall–Kier alpha value is -1.24. The van der Waals surface area contributed by atoms with Crippen molar-refractivity contribution in [3.05, 3.63) is 35.4 Å². The van der Waals surface area contributed by atoms with Crippen molar-refractivity contribution < 1.29 is 4.74 Å². The molecule has 86 valence electrons. The van der Waals surface area contributed by atoms with E-state index in [1.165, 1.54) is 30.4 Å². The molecule has 1 fully saturated rings. The van der Waals surface area contributed by atoms with Crippen molar-refractivity contribution >= 4 is 6.08 Å². The number of fused-ring (bicyclic) bond motifs is 1. The topological polar surface area (TPSA) is 9.23 Å². The molecule has 3 rings (SSSR count). The van der Waals surface area contributed by atoms with Crippen LogP contribution in [0, 0.1) is 12.8 Å². The summed E-state index contributed by atoms with van der Waals surface area (Å²) in [7, 11) is 0. The summed E-state index contributed by atoms with van der Waals surface area (Å²) >= 11 is 0. The van der Waals surface area contributed by atoms with Crippen LogP contribution in [0.25, 0.3) is 6.08 Å². The van der Waals surface area contributed by atoms with Crippen molar-refractivity contribution in [1.29, 1.82) is 0 Å². The van der Waals surface area contributed by atoms with Gasteiger partial charge in [0, 0.05) is 5.56 Å². The Morgan fingerprint density at radius 2 is 2.12 bits per heavy atom. The Kier molecular flexibility index (Phi) is 3.66. The summed E-state index contributed by atoms with van der Waals surface area (Å²) in [5.41, 5.74) is 2.43. The molecule has 1 saturated carbocycles. The zero-order chi connectivity index (χ0) is 11.4. The maximum absolute atomic E-state index is 5.42. The van der Waals surface area contributed by atoms with Gasteiger partial charge in [0.25, 0.3) is 0 Å². The predicted octanol–water partition coefficient (Wildman–Crippen LogP) is 4.21. The van der Waals surface area contributed by atoms with Crippen molar-refractivity contribution in [3.8, 4) is 5.75 Å². The molecule has 0 aromatic heterocycles. The minimum absolute atomic E-state index is 0.705. The number of rotatable bonds is 1. The highest BCUT2D eigenvalue weighted by molar-refractivity contribution is 5.59. The van der Waals surface area contributed by atoms with Crippen molar-refractivity contribution in [2.45, 2.75) is 33.1 Å². The van der Waals surface area contributed by atoms with E-state index in [-0.39, 0.29) is 0 Å². The first kappa shape index (κ1) is 11.3. The van der Waals surface area contributed by atoms with Crippen LogP contribution in [-0.2, 0) is 0 Å². The van der Waals surface area contributed by atoms with Gasteiger partial charge in [0.1, 0.15) is 12.4 Å². The third-order valence-corrected chi connectivity index (χ3v) is 3.08. The second-order valence-corrected chi connectivity index (χ2v) is 4.61. The van der Waals surface area contributed by atoms with Crippen LogP contribution >= 0.6 is 0 Å². The second kappa shape index (κ2) is 5.20. The third kappa shape index (κ3) is 3.13. The Morgan fingerprint density at radius 1 is 1.31 bits per heavy atom. The van der Waals surface area contributed by atoms with Crippen LogP contribution in [0.15, 0.2) is 24.3 Å². The van der Waals surface area contributed by atoms with Crippen LogP contribution in [0.5, 0.6) is 5.75 Å². The normalized spacial score (nSPS) is 16.9. The molecule has 1 heterocycles. The molecule has 2 aliphatic rings. The first-order valence-electron chi connectivity index (χ1n) is 6.19. The highest BCUT2D eigenvalue weighted by Gasteiger charge is 2.17. The van der Waals surface area contributed by atoms with E-state index in [4.69, 9.17) is 4.74 Å². The van der Waals surface area contributed by atoms with E-state index in [1.807, 2.05) is 6.08 Å². The molecule has 0 unspecified atom stereocenters. The summed E-state index contributed by atoms with van der Waals surface area (Å²) < 4.78 is 5.42. The Morgan fingerprint density at radius 3 is 2.75 bits per heavy atom. The van der Waals surface area contributed by atoms with Crippen molar-refractivity contribution in [3.63, 3.8) is 0 Å². The fourth-order valence-electron chi connectivity index (χ4n) is 1.74. The molecule has 16 heavy (non-hydrogen) atoms. The number of ether oxygens (including phenoxy) is 1. The highest BCUT2D eigenvalue weighted by Crippen LogP contribution is 2.31. The minimum atomic E-state index is 0.705. The monoisotopic (exact) mass is 216 g/mol. The SMILES string of the molecule is CCC1CC1.Cc1ccc2c(c1)OCC=C2. The second-order valence-electron chi connectivity index (χ2n) is 4.61. The molecule has 0 amide bonds. The van der Waals surface area contributed by atoms with E-state index in [0.717, 1.165) is 11.7 Å². The molecule has 1 heteroatoms. The van der Waals surface area contributed by atoms with Crippen LogP contribution in [0.1, 0.15) is 37.3 Å². The molecule has 0 bridgehead atoms. The molecule has 1 aliphatic carbocycles. The van der Waals surface area contributed by atoms with E-state index in [9.17, 15) is 0 Å². The first-order chi connectivity index (χ1) is 7.79. The summed E-state index contributed by atoms with van der Waals surface area (Å²) in [6.45, 7) is 5.04. The zero-order valence-electron chi connectivity index (χ0n) is 10.2. The summed E-state index contributed by atoms with van der Waals surface area (Å²) in [4.78, 5) is 0. The molecule has 1 nitrogen and oxygen atoms in total. The average Bonchev–Trinajstić information content (AvgIpc) is 3.13. The van der Waals surface area contributed by atoms with E-state index in [1.54, 1.807) is 0 Å². The van der Waals surface area contributed by atoms with Gasteiger partial charge in [-0.15, -0.1) is 0 Å². The predicted molar refractivity (Wildman–Crippen MR) is 68.7 cm³/mol. The molecule has 0 radical (unpaired) electrons. The van der Waals surface area contributed by atoms with E-state index in [2.05, 4.69) is 38.1 Å². The van der Waals surface area contributed by atoms with Crippen molar-refractivity contribution in [2.24, 2.45) is 5.92 Å². The van der Waals surface area contributed by atoms with Gasteiger partial charge in [0.2, 0.25) is 0 Å². The molecule has 0 spiro atoms. The lowest BCUT2D eigenvalue weighted by Crippen LogP contribution is -1.99. The van der Waals surface area contributed by atoms with Crippen molar-refractivity contribution in [1.82, 2.24) is 0 Å². The fraction of sp³-hybridized carbons (Fsp3) is 0.467. The summed E-state index contributed by atoms with van der Waals surface area (Å²) in [5.74, 6) is 2.14. The van der Waals surface area contributed by atoms with Gasteiger partial charge in [0.15, 0.2) is 0 Å². The van der Waals surface area contributed by atoms with Gasteiger partial charge < -0.3 is 4.74 Å². The van der Waals surface area contributed by atoms with Gasteiger partial charge in [-0.2, -0.15) is 0 Å². The van der Waals surface area contributed by atoms with Crippen LogP contribution in [-0.4, -0.2) is 6.61 Å². The van der Waals surface area contributed by atoms with E-state index in [0.29, 0.717) is 6.61 Å². The van der Waals surface area contributed by atoms with E-state index < -0.39 is 0 Å². The molecule has 1 aliphatic heterocycles. The minimum Gasteiger partial charge on any atom is -0.489 e. The lowest BCUT2D eigenvalue weighted by atomic mass is 10.1. The van der Waals surface area contributed by atoms with Crippen LogP contribution < -0.4 is 4.74 Å². The summed E-state index contributed by atoms with van der Waals surface area (Å²) in [6.07, 6.45) is 8.56. The van der Waals surface area contributed by atoms with Gasteiger partial charge in [-0.05, 0) is 30.5 Å². The molecular weight excluding hydrogens is 196 g/mol. The lowest BCUT2D eigenvalue weighted by Gasteiger charge is -2.11. The lowest BCUT2D eigenvalue weighted by molar-refractivity contribution is 0.358. The van der Waals surface area contributed by atoms with Crippen LogP contribution in [0.3, 0.4) is 0 Å². The molecular formula is C15H20O. The quantitative estimate of drug-likeness (QED) is 0.683. The summed E-state index contributed by atoms with van der Waals surface area (Å²) in [5, 5.41) is 0. The van der Waals surface area contributed by atoms with Crippen LogP contribution in [0.4, 0.5) is 0 Å². The maximum Gasteiger partial charge on any atom is 0.127 e. The third-order valence-electron chi connectivity index (χ3n) is 3.08. The highest BCUT2D eigenvalue weighted by atomic mass is 16.5. The Bertz CT molecular complexity index is 375. The Labute approximate surface area is 98.1 Å². The fourth-order valence-corrected chi connectivity index (χ4v) is 1.74. The molecule has 0 atom stereocenters. The number of benzene rings is 1. The standard InChI is InChI=1S/C10H10O.C5H10/c1-8-4-5-9-3-2-6-11-10(9)7-8;1-2-5-3-4-5/h2-5,7H,6H2,1H3;5H,2-4H2,1H3. The van der Waals surface area contributed by atoms with Gasteiger partial charge >= 0.3 is 0 Å². The van der Waals surface area contributed by atoms with Gasteiger partial charge in [-0.1, -0.05) is 44.4 Å². The largest absolute Gasteiger partial charge is 0.489 e. The van der Waals surface area contributed by atoms with Crippen LogP contribution in [0.2, 0.25) is 0 Å². The molecule has 1 aromatic rings. The van der Waals surface area contributed by atoms with E-state index >= 15 is 0 Å². The maximum atomic E-state index is 5.42. The van der Waals surface area contributed by atoms with Gasteiger partial charge in [-0.25, -0.2) is 0 Å². The smallest absolute Gasteiger partial charge is 0.127 e.